The van der Waals surface area contributed by atoms with Crippen molar-refractivity contribution < 1.29 is 8.42 Å². The number of hydrogen-bond acceptors (Lipinski definition) is 6. The van der Waals surface area contributed by atoms with Crippen LogP contribution in [0.2, 0.25) is 0 Å². The molecule has 2 aromatic heterocycles. The molecule has 0 radical (unpaired) electrons. The molecule has 0 bridgehead atoms. The van der Waals surface area contributed by atoms with Crippen LogP contribution in [0.4, 0.5) is 5.82 Å². The van der Waals surface area contributed by atoms with Crippen LogP contribution in [0.15, 0.2) is 42.9 Å². The molecule has 0 amide bonds. The summed E-state index contributed by atoms with van der Waals surface area (Å²) in [4.78, 5) is 8.81. The number of rotatable bonds is 5. The van der Waals surface area contributed by atoms with E-state index in [1.54, 1.807) is 21.5 Å². The second-order valence-electron chi connectivity index (χ2n) is 7.41. The fourth-order valence-electron chi connectivity index (χ4n) is 3.74. The average molecular weight is 398 g/mol. The Labute approximate surface area is 163 Å². The molecule has 9 heteroatoms. The molecule has 3 heterocycles. The maximum absolute atomic E-state index is 12.4. The number of para-hydroxylation sites is 1. The van der Waals surface area contributed by atoms with Crippen molar-refractivity contribution in [1.82, 2.24) is 24.1 Å². The zero-order valence-corrected chi connectivity index (χ0v) is 16.2. The van der Waals surface area contributed by atoms with Gasteiger partial charge in [-0.2, -0.15) is 5.10 Å². The minimum atomic E-state index is -3.08. The summed E-state index contributed by atoms with van der Waals surface area (Å²) in [6.07, 6.45) is 6.47. The molecular weight excluding hydrogens is 376 g/mol. The van der Waals surface area contributed by atoms with Gasteiger partial charge in [0.2, 0.25) is 10.0 Å². The lowest BCUT2D eigenvalue weighted by Gasteiger charge is -2.32. The van der Waals surface area contributed by atoms with E-state index in [1.807, 2.05) is 30.3 Å². The first-order valence-electron chi connectivity index (χ1n) is 9.62. The highest BCUT2D eigenvalue weighted by atomic mass is 32.2. The largest absolute Gasteiger partial charge is 0.367 e. The molecule has 0 unspecified atom stereocenters. The standard InChI is InChI=1S/C19H22N6O2S/c26-28(27,16-6-7-16)24-10-8-14(9-11-24)23-18-17-12-22-25(19(17)21-13-20-18)15-4-2-1-3-5-15/h1-5,12-14,16H,6-11H2,(H,20,21,23). The van der Waals surface area contributed by atoms with E-state index < -0.39 is 10.0 Å². The van der Waals surface area contributed by atoms with E-state index in [1.165, 1.54) is 0 Å². The Morgan fingerprint density at radius 1 is 1.00 bits per heavy atom. The SMILES string of the molecule is O=S(=O)(C1CC1)N1CCC(Nc2ncnc3c2cnn3-c2ccccc2)CC1. The molecule has 2 fully saturated rings. The smallest absolute Gasteiger partial charge is 0.216 e. The van der Waals surface area contributed by atoms with Crippen molar-refractivity contribution in [2.45, 2.75) is 37.0 Å². The number of fused-ring (bicyclic) bond motifs is 1. The molecule has 1 aromatic carbocycles. The van der Waals surface area contributed by atoms with E-state index >= 15 is 0 Å². The lowest BCUT2D eigenvalue weighted by molar-refractivity contribution is 0.329. The fourth-order valence-corrected chi connectivity index (χ4v) is 5.62. The van der Waals surface area contributed by atoms with E-state index in [4.69, 9.17) is 0 Å². The van der Waals surface area contributed by atoms with Gasteiger partial charge in [0.15, 0.2) is 5.65 Å². The number of piperidine rings is 1. The number of nitrogens with zero attached hydrogens (tertiary/aromatic N) is 5. The summed E-state index contributed by atoms with van der Waals surface area (Å²) in [5.74, 6) is 0.746. The molecule has 5 rings (SSSR count). The van der Waals surface area contributed by atoms with Crippen molar-refractivity contribution in [3.8, 4) is 5.69 Å². The summed E-state index contributed by atoms with van der Waals surface area (Å²) in [7, 11) is -3.08. The maximum atomic E-state index is 12.4. The molecule has 0 spiro atoms. The predicted molar refractivity (Wildman–Crippen MR) is 107 cm³/mol. The molecule has 1 saturated carbocycles. The lowest BCUT2D eigenvalue weighted by Crippen LogP contribution is -2.43. The molecule has 1 aliphatic carbocycles. The van der Waals surface area contributed by atoms with Crippen molar-refractivity contribution in [3.63, 3.8) is 0 Å². The molecule has 1 N–H and O–H groups in total. The molecule has 0 atom stereocenters. The van der Waals surface area contributed by atoms with E-state index in [-0.39, 0.29) is 11.3 Å². The van der Waals surface area contributed by atoms with Gasteiger partial charge in [-0.1, -0.05) is 18.2 Å². The van der Waals surface area contributed by atoms with Crippen LogP contribution in [0.1, 0.15) is 25.7 Å². The van der Waals surface area contributed by atoms with Gasteiger partial charge in [0, 0.05) is 19.1 Å². The van der Waals surface area contributed by atoms with E-state index in [9.17, 15) is 8.42 Å². The Kier molecular flexibility index (Phi) is 4.28. The third-order valence-corrected chi connectivity index (χ3v) is 7.87. The van der Waals surface area contributed by atoms with Gasteiger partial charge in [-0.15, -0.1) is 0 Å². The Bertz CT molecular complexity index is 1090. The summed E-state index contributed by atoms with van der Waals surface area (Å²) >= 11 is 0. The summed E-state index contributed by atoms with van der Waals surface area (Å²) in [6, 6.07) is 10.0. The Hall–Kier alpha value is -2.52. The van der Waals surface area contributed by atoms with Gasteiger partial charge in [0.1, 0.15) is 12.1 Å². The lowest BCUT2D eigenvalue weighted by atomic mass is 10.1. The Morgan fingerprint density at radius 3 is 2.46 bits per heavy atom. The van der Waals surface area contributed by atoms with Crippen LogP contribution in [0.5, 0.6) is 0 Å². The van der Waals surface area contributed by atoms with Gasteiger partial charge < -0.3 is 5.32 Å². The van der Waals surface area contributed by atoms with Crippen molar-refractivity contribution in [3.05, 3.63) is 42.9 Å². The van der Waals surface area contributed by atoms with Gasteiger partial charge in [-0.25, -0.2) is 27.4 Å². The van der Waals surface area contributed by atoms with Crippen LogP contribution < -0.4 is 5.32 Å². The Morgan fingerprint density at radius 2 is 1.75 bits per heavy atom. The van der Waals surface area contributed by atoms with Crippen LogP contribution in [-0.2, 0) is 10.0 Å². The molecule has 28 heavy (non-hydrogen) atoms. The van der Waals surface area contributed by atoms with E-state index in [2.05, 4.69) is 20.4 Å². The van der Waals surface area contributed by atoms with E-state index in [0.29, 0.717) is 13.1 Å². The van der Waals surface area contributed by atoms with Crippen LogP contribution >= 0.6 is 0 Å². The minimum Gasteiger partial charge on any atom is -0.367 e. The first-order chi connectivity index (χ1) is 13.6. The molecule has 2 aliphatic rings. The highest BCUT2D eigenvalue weighted by molar-refractivity contribution is 7.90. The van der Waals surface area contributed by atoms with Crippen molar-refractivity contribution in [2.24, 2.45) is 0 Å². The number of sulfonamides is 1. The third kappa shape index (κ3) is 3.14. The van der Waals surface area contributed by atoms with Gasteiger partial charge in [-0.05, 0) is 37.8 Å². The summed E-state index contributed by atoms with van der Waals surface area (Å²) < 4.78 is 28.3. The predicted octanol–water partition coefficient (Wildman–Crippen LogP) is 2.18. The molecule has 1 saturated heterocycles. The monoisotopic (exact) mass is 398 g/mol. The number of aromatic nitrogens is 4. The first kappa shape index (κ1) is 17.6. The van der Waals surface area contributed by atoms with E-state index in [0.717, 1.165) is 48.2 Å². The van der Waals surface area contributed by atoms with Crippen LogP contribution in [0.3, 0.4) is 0 Å². The number of hydrogen-bond donors (Lipinski definition) is 1. The van der Waals surface area contributed by atoms with Crippen molar-refractivity contribution >= 4 is 26.9 Å². The quantitative estimate of drug-likeness (QED) is 0.708. The second-order valence-corrected chi connectivity index (χ2v) is 9.63. The minimum absolute atomic E-state index is 0.137. The van der Waals surface area contributed by atoms with Gasteiger partial charge >= 0.3 is 0 Å². The van der Waals surface area contributed by atoms with Crippen LogP contribution in [0.25, 0.3) is 16.7 Å². The number of nitrogens with one attached hydrogen (secondary N) is 1. The molecule has 3 aromatic rings. The zero-order valence-electron chi connectivity index (χ0n) is 15.4. The summed E-state index contributed by atoms with van der Waals surface area (Å²) in [5, 5.41) is 8.68. The van der Waals surface area contributed by atoms with Gasteiger partial charge in [0.25, 0.3) is 0 Å². The summed E-state index contributed by atoms with van der Waals surface area (Å²) in [6.45, 7) is 1.13. The third-order valence-electron chi connectivity index (χ3n) is 5.47. The molecule has 146 valence electrons. The van der Waals surface area contributed by atoms with Gasteiger partial charge in [-0.3, -0.25) is 0 Å². The van der Waals surface area contributed by atoms with Crippen LogP contribution in [-0.4, -0.2) is 56.9 Å². The molecule has 1 aliphatic heterocycles. The average Bonchev–Trinajstić information content (AvgIpc) is 3.50. The fraction of sp³-hybridized carbons (Fsp3) is 0.421. The Balaban J connectivity index is 1.33. The highest BCUT2D eigenvalue weighted by Gasteiger charge is 2.41. The van der Waals surface area contributed by atoms with Crippen LogP contribution in [0, 0.1) is 0 Å². The zero-order chi connectivity index (χ0) is 19.1. The topological polar surface area (TPSA) is 93.0 Å². The van der Waals surface area contributed by atoms with Crippen molar-refractivity contribution in [2.75, 3.05) is 18.4 Å². The number of anilines is 1. The normalized spacial score (nSPS) is 19.1. The number of benzene rings is 1. The summed E-state index contributed by atoms with van der Waals surface area (Å²) in [5.41, 5.74) is 1.69. The highest BCUT2D eigenvalue weighted by Crippen LogP contribution is 2.33. The van der Waals surface area contributed by atoms with Gasteiger partial charge in [0.05, 0.1) is 22.5 Å². The second kappa shape index (κ2) is 6.82. The molecule has 8 nitrogen and oxygen atoms in total. The molecular formula is C19H22N6O2S. The van der Waals surface area contributed by atoms with Crippen molar-refractivity contribution in [1.29, 1.82) is 0 Å². The first-order valence-corrected chi connectivity index (χ1v) is 11.1. The maximum Gasteiger partial charge on any atom is 0.216 e.